The molecule has 3 rings (SSSR count). The SMILES string of the molecule is COc1cc(NC(=O)c2ccc(CN3CCOC(C)C3)cc2)c(OC)cc1Cl. The minimum atomic E-state index is -0.228. The van der Waals surface area contributed by atoms with Crippen LogP contribution in [0.15, 0.2) is 36.4 Å². The fraction of sp³-hybridized carbons (Fsp3) is 0.381. The number of amides is 1. The van der Waals surface area contributed by atoms with Crippen LogP contribution in [-0.2, 0) is 11.3 Å². The molecule has 0 spiro atoms. The van der Waals surface area contributed by atoms with Gasteiger partial charge in [0.25, 0.3) is 5.91 Å². The van der Waals surface area contributed by atoms with Crippen molar-refractivity contribution in [1.82, 2.24) is 4.90 Å². The number of rotatable bonds is 6. The van der Waals surface area contributed by atoms with Crippen molar-refractivity contribution in [1.29, 1.82) is 0 Å². The average molecular weight is 405 g/mol. The standard InChI is InChI=1S/C21H25ClN2O4/c1-14-12-24(8-9-28-14)13-15-4-6-16(7-5-15)21(25)23-18-11-19(26-2)17(22)10-20(18)27-3/h4-7,10-11,14H,8-9,12-13H2,1-3H3,(H,23,25). The van der Waals surface area contributed by atoms with Crippen LogP contribution in [0.4, 0.5) is 5.69 Å². The quantitative estimate of drug-likeness (QED) is 0.792. The highest BCUT2D eigenvalue weighted by Crippen LogP contribution is 2.36. The van der Waals surface area contributed by atoms with Gasteiger partial charge in [-0.1, -0.05) is 23.7 Å². The van der Waals surface area contributed by atoms with Crippen LogP contribution in [0.1, 0.15) is 22.8 Å². The molecule has 2 aromatic carbocycles. The minimum Gasteiger partial charge on any atom is -0.495 e. The van der Waals surface area contributed by atoms with Crippen LogP contribution in [0.25, 0.3) is 0 Å². The third-order valence-electron chi connectivity index (χ3n) is 4.67. The van der Waals surface area contributed by atoms with Gasteiger partial charge in [0.05, 0.1) is 37.6 Å². The zero-order valence-corrected chi connectivity index (χ0v) is 17.1. The summed E-state index contributed by atoms with van der Waals surface area (Å²) < 4.78 is 16.1. The Bertz CT molecular complexity index is 826. The summed E-state index contributed by atoms with van der Waals surface area (Å²) in [5, 5.41) is 3.27. The number of ether oxygens (including phenoxy) is 3. The Morgan fingerprint density at radius 1 is 1.21 bits per heavy atom. The third kappa shape index (κ3) is 4.95. The normalized spacial score (nSPS) is 17.2. The van der Waals surface area contributed by atoms with E-state index in [1.165, 1.54) is 14.2 Å². The van der Waals surface area contributed by atoms with E-state index in [1.54, 1.807) is 12.1 Å². The number of carbonyl (C=O) groups excluding carboxylic acids is 1. The number of benzene rings is 2. The highest BCUT2D eigenvalue weighted by molar-refractivity contribution is 6.32. The molecule has 0 bridgehead atoms. The summed E-state index contributed by atoms with van der Waals surface area (Å²) in [5.74, 6) is 0.708. The number of nitrogens with one attached hydrogen (secondary N) is 1. The second-order valence-corrected chi connectivity index (χ2v) is 7.16. The molecule has 1 aliphatic rings. The summed E-state index contributed by atoms with van der Waals surface area (Å²) in [5.41, 5.74) is 2.23. The van der Waals surface area contributed by atoms with Gasteiger partial charge in [0.1, 0.15) is 11.5 Å². The van der Waals surface area contributed by atoms with E-state index in [1.807, 2.05) is 24.3 Å². The number of morpholine rings is 1. The minimum absolute atomic E-state index is 0.228. The molecule has 1 fully saturated rings. The van der Waals surface area contributed by atoms with Gasteiger partial charge in [-0.15, -0.1) is 0 Å². The summed E-state index contributed by atoms with van der Waals surface area (Å²) in [7, 11) is 3.04. The molecule has 1 heterocycles. The van der Waals surface area contributed by atoms with Gasteiger partial charge in [0.15, 0.2) is 0 Å². The van der Waals surface area contributed by atoms with Crippen molar-refractivity contribution in [3.63, 3.8) is 0 Å². The van der Waals surface area contributed by atoms with E-state index in [0.717, 1.165) is 31.8 Å². The van der Waals surface area contributed by atoms with Crippen LogP contribution in [0.5, 0.6) is 11.5 Å². The van der Waals surface area contributed by atoms with E-state index in [2.05, 4.69) is 17.1 Å². The van der Waals surface area contributed by atoms with E-state index in [4.69, 9.17) is 25.8 Å². The predicted molar refractivity (Wildman–Crippen MR) is 110 cm³/mol. The maximum absolute atomic E-state index is 12.6. The maximum Gasteiger partial charge on any atom is 0.255 e. The van der Waals surface area contributed by atoms with Crippen molar-refractivity contribution in [2.45, 2.75) is 19.6 Å². The van der Waals surface area contributed by atoms with Gasteiger partial charge in [-0.25, -0.2) is 0 Å². The lowest BCUT2D eigenvalue weighted by Crippen LogP contribution is -2.40. The molecule has 0 saturated carbocycles. The summed E-state index contributed by atoms with van der Waals surface area (Å²) in [6, 6.07) is 10.9. The van der Waals surface area contributed by atoms with Gasteiger partial charge < -0.3 is 19.5 Å². The van der Waals surface area contributed by atoms with E-state index >= 15 is 0 Å². The molecule has 1 amide bonds. The average Bonchev–Trinajstić information content (AvgIpc) is 2.69. The second kappa shape index (κ2) is 9.28. The molecular weight excluding hydrogens is 380 g/mol. The molecule has 0 aliphatic carbocycles. The molecule has 0 radical (unpaired) electrons. The summed E-state index contributed by atoms with van der Waals surface area (Å²) in [6.45, 7) is 5.52. The molecule has 2 aromatic rings. The maximum atomic E-state index is 12.6. The molecule has 7 heteroatoms. The first-order valence-corrected chi connectivity index (χ1v) is 9.53. The lowest BCUT2D eigenvalue weighted by atomic mass is 10.1. The number of anilines is 1. The van der Waals surface area contributed by atoms with E-state index in [9.17, 15) is 4.79 Å². The van der Waals surface area contributed by atoms with Crippen LogP contribution in [0, 0.1) is 0 Å². The lowest BCUT2D eigenvalue weighted by molar-refractivity contribution is -0.0212. The Hall–Kier alpha value is -2.28. The number of halogens is 1. The van der Waals surface area contributed by atoms with Crippen molar-refractivity contribution in [2.24, 2.45) is 0 Å². The first-order valence-electron chi connectivity index (χ1n) is 9.16. The zero-order valence-electron chi connectivity index (χ0n) is 16.3. The Kier molecular flexibility index (Phi) is 6.78. The molecule has 0 aromatic heterocycles. The van der Waals surface area contributed by atoms with E-state index < -0.39 is 0 Å². The predicted octanol–water partition coefficient (Wildman–Crippen LogP) is 3.83. The second-order valence-electron chi connectivity index (χ2n) is 6.75. The largest absolute Gasteiger partial charge is 0.495 e. The monoisotopic (exact) mass is 404 g/mol. The molecule has 6 nitrogen and oxygen atoms in total. The number of hydrogen-bond donors (Lipinski definition) is 1. The van der Waals surface area contributed by atoms with Gasteiger partial charge in [-0.05, 0) is 24.6 Å². The van der Waals surface area contributed by atoms with E-state index in [0.29, 0.717) is 27.8 Å². The van der Waals surface area contributed by atoms with Gasteiger partial charge in [-0.3, -0.25) is 9.69 Å². The van der Waals surface area contributed by atoms with Gasteiger partial charge in [-0.2, -0.15) is 0 Å². The zero-order chi connectivity index (χ0) is 20.1. The highest BCUT2D eigenvalue weighted by atomic mass is 35.5. The van der Waals surface area contributed by atoms with Crippen molar-refractivity contribution in [2.75, 3.05) is 39.2 Å². The fourth-order valence-electron chi connectivity index (χ4n) is 3.21. The Morgan fingerprint density at radius 2 is 1.93 bits per heavy atom. The number of methoxy groups -OCH3 is 2. The van der Waals surface area contributed by atoms with Crippen LogP contribution in [0.3, 0.4) is 0 Å². The van der Waals surface area contributed by atoms with Gasteiger partial charge in [0.2, 0.25) is 0 Å². The van der Waals surface area contributed by atoms with Crippen molar-refractivity contribution >= 4 is 23.2 Å². The van der Waals surface area contributed by atoms with Crippen LogP contribution in [0.2, 0.25) is 5.02 Å². The first kappa shape index (κ1) is 20.5. The molecular formula is C21H25ClN2O4. The van der Waals surface area contributed by atoms with Crippen LogP contribution >= 0.6 is 11.6 Å². The molecule has 1 atom stereocenters. The summed E-state index contributed by atoms with van der Waals surface area (Å²) in [4.78, 5) is 15.0. The summed E-state index contributed by atoms with van der Waals surface area (Å²) in [6.07, 6.45) is 0.255. The van der Waals surface area contributed by atoms with Crippen LogP contribution in [-0.4, -0.2) is 50.8 Å². The van der Waals surface area contributed by atoms with Gasteiger partial charge >= 0.3 is 0 Å². The van der Waals surface area contributed by atoms with Crippen molar-refractivity contribution in [3.05, 3.63) is 52.5 Å². The Morgan fingerprint density at radius 3 is 2.57 bits per heavy atom. The first-order chi connectivity index (χ1) is 13.5. The molecule has 1 aliphatic heterocycles. The molecule has 28 heavy (non-hydrogen) atoms. The summed E-state index contributed by atoms with van der Waals surface area (Å²) >= 11 is 6.11. The lowest BCUT2D eigenvalue weighted by Gasteiger charge is -2.31. The highest BCUT2D eigenvalue weighted by Gasteiger charge is 2.17. The number of hydrogen-bond acceptors (Lipinski definition) is 5. The number of carbonyl (C=O) groups is 1. The smallest absolute Gasteiger partial charge is 0.255 e. The molecule has 150 valence electrons. The molecule has 1 unspecified atom stereocenters. The third-order valence-corrected chi connectivity index (χ3v) is 4.96. The van der Waals surface area contributed by atoms with Crippen molar-refractivity contribution < 1.29 is 19.0 Å². The Labute approximate surface area is 170 Å². The van der Waals surface area contributed by atoms with E-state index in [-0.39, 0.29) is 12.0 Å². The topological polar surface area (TPSA) is 60.0 Å². The molecule has 1 N–H and O–H groups in total. The van der Waals surface area contributed by atoms with Crippen molar-refractivity contribution in [3.8, 4) is 11.5 Å². The number of nitrogens with zero attached hydrogens (tertiary/aromatic N) is 1. The molecule has 1 saturated heterocycles. The Balaban J connectivity index is 1.68. The van der Waals surface area contributed by atoms with Gasteiger partial charge in [0, 0.05) is 37.3 Å². The van der Waals surface area contributed by atoms with Crippen LogP contribution < -0.4 is 14.8 Å². The fourth-order valence-corrected chi connectivity index (χ4v) is 3.44.